The summed E-state index contributed by atoms with van der Waals surface area (Å²) in [7, 11) is 0. The molecule has 32 heavy (non-hydrogen) atoms. The molecule has 0 spiro atoms. The van der Waals surface area contributed by atoms with Crippen LogP contribution in [0, 0.1) is 11.7 Å². The second kappa shape index (κ2) is 10.9. The topological polar surface area (TPSA) is 82.2 Å². The van der Waals surface area contributed by atoms with Crippen molar-refractivity contribution < 1.29 is 9.18 Å². The summed E-state index contributed by atoms with van der Waals surface area (Å²) >= 11 is 6.00. The number of halogens is 2. The molecule has 1 aromatic carbocycles. The van der Waals surface area contributed by atoms with Crippen LogP contribution >= 0.6 is 11.6 Å². The van der Waals surface area contributed by atoms with Gasteiger partial charge in [-0.25, -0.2) is 19.2 Å². The first kappa shape index (κ1) is 24.2. The molecule has 3 rings (SSSR count). The Hall–Kier alpha value is -2.45. The highest BCUT2D eigenvalue weighted by Crippen LogP contribution is 2.22. The summed E-state index contributed by atoms with van der Waals surface area (Å²) < 4.78 is 13.7. The minimum absolute atomic E-state index is 0.0411. The van der Waals surface area contributed by atoms with Gasteiger partial charge in [-0.2, -0.15) is 0 Å². The van der Waals surface area contributed by atoms with E-state index in [0.29, 0.717) is 37.9 Å². The number of rotatable bonds is 8. The van der Waals surface area contributed by atoms with E-state index in [4.69, 9.17) is 11.6 Å². The first-order chi connectivity index (χ1) is 15.2. The lowest BCUT2D eigenvalue weighted by Crippen LogP contribution is -2.46. The van der Waals surface area contributed by atoms with E-state index in [1.165, 1.54) is 6.07 Å². The molecule has 2 aromatic rings. The van der Waals surface area contributed by atoms with Crippen LogP contribution in [0.2, 0.25) is 5.02 Å². The Balaban J connectivity index is 1.72. The van der Waals surface area contributed by atoms with Gasteiger partial charge in [0.05, 0.1) is 23.3 Å². The van der Waals surface area contributed by atoms with Gasteiger partial charge in [0.2, 0.25) is 5.95 Å². The number of anilines is 1. The van der Waals surface area contributed by atoms with Crippen LogP contribution in [0.1, 0.15) is 50.6 Å². The highest BCUT2D eigenvalue weighted by Gasteiger charge is 2.25. The fourth-order valence-electron chi connectivity index (χ4n) is 3.54. The van der Waals surface area contributed by atoms with E-state index in [1.54, 1.807) is 17.0 Å². The third-order valence-electron chi connectivity index (χ3n) is 5.20. The van der Waals surface area contributed by atoms with Crippen molar-refractivity contribution in [1.29, 1.82) is 0 Å². The van der Waals surface area contributed by atoms with Crippen molar-refractivity contribution in [2.45, 2.75) is 52.7 Å². The molecule has 1 aromatic heterocycles. The first-order valence-electron chi connectivity index (χ1n) is 11.1. The predicted molar refractivity (Wildman–Crippen MR) is 125 cm³/mol. The fourth-order valence-corrected chi connectivity index (χ4v) is 3.73. The van der Waals surface area contributed by atoms with Crippen LogP contribution in [0.4, 0.5) is 15.1 Å². The Morgan fingerprint density at radius 2 is 2.03 bits per heavy atom. The minimum atomic E-state index is -0.478. The van der Waals surface area contributed by atoms with Gasteiger partial charge in [-0.15, -0.1) is 0 Å². The highest BCUT2D eigenvalue weighted by molar-refractivity contribution is 6.30. The van der Waals surface area contributed by atoms with Crippen LogP contribution in [0.15, 0.2) is 24.4 Å². The zero-order valence-corrected chi connectivity index (χ0v) is 19.8. The molecule has 0 bridgehead atoms. The molecular formula is C23H32ClFN6O. The Morgan fingerprint density at radius 3 is 2.72 bits per heavy atom. The number of nitrogens with one attached hydrogen (secondary N) is 3. The van der Waals surface area contributed by atoms with Crippen molar-refractivity contribution in [3.05, 3.63) is 52.1 Å². The summed E-state index contributed by atoms with van der Waals surface area (Å²) in [6, 6.07) is 4.25. The van der Waals surface area contributed by atoms with Crippen molar-refractivity contribution in [2.24, 2.45) is 5.92 Å². The third kappa shape index (κ3) is 6.53. The molecule has 0 radical (unpaired) electrons. The van der Waals surface area contributed by atoms with Crippen LogP contribution in [0.3, 0.4) is 0 Å². The zero-order valence-electron chi connectivity index (χ0n) is 19.1. The molecule has 174 valence electrons. The zero-order chi connectivity index (χ0) is 23.3. The summed E-state index contributed by atoms with van der Waals surface area (Å²) in [6.07, 6.45) is 2.53. The Morgan fingerprint density at radius 1 is 1.25 bits per heavy atom. The molecule has 0 saturated carbocycles. The van der Waals surface area contributed by atoms with Crippen molar-refractivity contribution in [3.63, 3.8) is 0 Å². The average molecular weight is 463 g/mol. The largest absolute Gasteiger partial charge is 0.352 e. The maximum atomic E-state index is 13.7. The molecule has 1 aliphatic heterocycles. The van der Waals surface area contributed by atoms with E-state index < -0.39 is 5.82 Å². The molecule has 9 heteroatoms. The number of urea groups is 1. The fraction of sp³-hybridized carbons (Fsp3) is 0.522. The van der Waals surface area contributed by atoms with Crippen LogP contribution in [-0.2, 0) is 13.0 Å². The maximum absolute atomic E-state index is 13.7. The van der Waals surface area contributed by atoms with Crippen molar-refractivity contribution in [2.75, 3.05) is 25.0 Å². The maximum Gasteiger partial charge on any atom is 0.318 e. The standard InChI is InChI=1S/C23H32ClFN6O/c1-14(2)10-26-12-20(16-5-6-19(25)18(24)9-16)30-23(32)31-8-7-17-11-27-22(28-15(3)4)29-21(17)13-31/h5-6,9,11,14-15,20,26H,7-8,10,12-13H2,1-4H3,(H,30,32)(H,27,28,29)/t20-/m1/s1. The number of hydrogen-bond acceptors (Lipinski definition) is 5. The molecule has 0 fully saturated rings. The van der Waals surface area contributed by atoms with Crippen molar-refractivity contribution in [1.82, 2.24) is 25.5 Å². The Bertz CT molecular complexity index is 939. The van der Waals surface area contributed by atoms with E-state index in [9.17, 15) is 9.18 Å². The first-order valence-corrected chi connectivity index (χ1v) is 11.4. The normalized spacial score (nSPS) is 14.4. The summed E-state index contributed by atoms with van der Waals surface area (Å²) in [5.41, 5.74) is 2.66. The molecule has 0 unspecified atom stereocenters. The van der Waals surface area contributed by atoms with Gasteiger partial charge in [0.15, 0.2) is 0 Å². The molecule has 2 heterocycles. The Labute approximate surface area is 194 Å². The van der Waals surface area contributed by atoms with Crippen LogP contribution in [-0.4, -0.2) is 46.6 Å². The van der Waals surface area contributed by atoms with Gasteiger partial charge in [-0.3, -0.25) is 0 Å². The number of benzene rings is 1. The van der Waals surface area contributed by atoms with Gasteiger partial charge in [0, 0.05) is 25.3 Å². The molecule has 7 nitrogen and oxygen atoms in total. The molecular weight excluding hydrogens is 431 g/mol. The second-order valence-corrected chi connectivity index (χ2v) is 9.27. The van der Waals surface area contributed by atoms with Gasteiger partial charge in [-0.1, -0.05) is 31.5 Å². The molecule has 1 aliphatic rings. The quantitative estimate of drug-likeness (QED) is 0.549. The third-order valence-corrected chi connectivity index (χ3v) is 5.49. The molecule has 0 aliphatic carbocycles. The van der Waals surface area contributed by atoms with Crippen LogP contribution in [0.25, 0.3) is 0 Å². The lowest BCUT2D eigenvalue weighted by molar-refractivity contribution is 0.187. The Kier molecular flexibility index (Phi) is 8.26. The number of amides is 2. The van der Waals surface area contributed by atoms with E-state index >= 15 is 0 Å². The van der Waals surface area contributed by atoms with E-state index in [1.807, 2.05) is 20.0 Å². The van der Waals surface area contributed by atoms with Gasteiger partial charge < -0.3 is 20.9 Å². The number of aromatic nitrogens is 2. The van der Waals surface area contributed by atoms with E-state index in [0.717, 1.165) is 23.4 Å². The second-order valence-electron chi connectivity index (χ2n) is 8.86. The van der Waals surface area contributed by atoms with Gasteiger partial charge in [0.1, 0.15) is 5.82 Å². The van der Waals surface area contributed by atoms with E-state index in [2.05, 4.69) is 39.8 Å². The average Bonchev–Trinajstić information content (AvgIpc) is 2.73. The van der Waals surface area contributed by atoms with Gasteiger partial charge in [-0.05, 0) is 56.0 Å². The predicted octanol–water partition coefficient (Wildman–Crippen LogP) is 4.14. The number of fused-ring (bicyclic) bond motifs is 1. The van der Waals surface area contributed by atoms with Gasteiger partial charge >= 0.3 is 6.03 Å². The van der Waals surface area contributed by atoms with Crippen molar-refractivity contribution in [3.8, 4) is 0 Å². The molecule has 2 amide bonds. The van der Waals surface area contributed by atoms with Crippen LogP contribution in [0.5, 0.6) is 0 Å². The number of nitrogens with zero attached hydrogens (tertiary/aromatic N) is 3. The number of carbonyl (C=O) groups is 1. The van der Waals surface area contributed by atoms with Crippen molar-refractivity contribution >= 4 is 23.6 Å². The highest BCUT2D eigenvalue weighted by atomic mass is 35.5. The molecule has 1 atom stereocenters. The SMILES string of the molecule is CC(C)CNC[C@@H](NC(=O)N1CCc2cnc(NC(C)C)nc2C1)c1ccc(F)c(Cl)c1. The smallest absolute Gasteiger partial charge is 0.318 e. The number of hydrogen-bond donors (Lipinski definition) is 3. The van der Waals surface area contributed by atoms with Gasteiger partial charge in [0.25, 0.3) is 0 Å². The molecule has 3 N–H and O–H groups in total. The monoisotopic (exact) mass is 462 g/mol. The number of carbonyl (C=O) groups excluding carboxylic acids is 1. The summed E-state index contributed by atoms with van der Waals surface area (Å²) in [6.45, 7) is 10.6. The van der Waals surface area contributed by atoms with Crippen LogP contribution < -0.4 is 16.0 Å². The molecule has 0 saturated heterocycles. The summed E-state index contributed by atoms with van der Waals surface area (Å²) in [5, 5.41) is 9.70. The lowest BCUT2D eigenvalue weighted by atomic mass is 10.1. The summed E-state index contributed by atoms with van der Waals surface area (Å²) in [4.78, 5) is 23.8. The minimum Gasteiger partial charge on any atom is -0.352 e. The lowest BCUT2D eigenvalue weighted by Gasteiger charge is -2.30. The van der Waals surface area contributed by atoms with E-state index in [-0.39, 0.29) is 23.1 Å². The summed E-state index contributed by atoms with van der Waals surface area (Å²) in [5.74, 6) is 0.557.